The minimum atomic E-state index is 0.631. The zero-order valence-electron chi connectivity index (χ0n) is 29.8. The molecule has 0 aliphatic carbocycles. The minimum Gasteiger partial charge on any atom is -0.371 e. The standard InChI is InChI=1S/C40H80INS2/c41-38-36-34-32-30-28-26-24-22-20-18-16-14-12-10-8-6-4-2-1-3-5-7-9-11-13-15-17-19-21-23-25-27-29-31-33-35-37-39-42-40(43)44/h1-39H2,(H2,42,43,44). The van der Waals surface area contributed by atoms with Gasteiger partial charge >= 0.3 is 0 Å². The maximum Gasteiger partial charge on any atom is 0.130 e. The predicted molar refractivity (Wildman–Crippen MR) is 219 cm³/mol. The number of rotatable bonds is 39. The molecule has 0 aromatic carbocycles. The summed E-state index contributed by atoms with van der Waals surface area (Å²) >= 11 is 11.5. The third kappa shape index (κ3) is 43.0. The van der Waals surface area contributed by atoms with E-state index in [2.05, 4.69) is 40.5 Å². The van der Waals surface area contributed by atoms with E-state index in [0.29, 0.717) is 4.32 Å². The van der Waals surface area contributed by atoms with E-state index in [1.165, 1.54) is 242 Å². The number of hydrogen-bond donors (Lipinski definition) is 2. The number of nitrogens with one attached hydrogen (secondary N) is 1. The van der Waals surface area contributed by atoms with Gasteiger partial charge in [-0.1, -0.05) is 260 Å². The van der Waals surface area contributed by atoms with Crippen LogP contribution in [0.1, 0.15) is 238 Å². The van der Waals surface area contributed by atoms with Crippen LogP contribution in [0.25, 0.3) is 0 Å². The first-order chi connectivity index (χ1) is 21.8. The highest BCUT2D eigenvalue weighted by Crippen LogP contribution is 2.17. The maximum atomic E-state index is 4.91. The van der Waals surface area contributed by atoms with Crippen molar-refractivity contribution in [3.63, 3.8) is 0 Å². The third-order valence-corrected chi connectivity index (χ3v) is 10.7. The lowest BCUT2D eigenvalue weighted by atomic mass is 10.0. The monoisotopic (exact) mass is 765 g/mol. The Bertz CT molecular complexity index is 530. The van der Waals surface area contributed by atoms with Gasteiger partial charge in [0, 0.05) is 6.54 Å². The van der Waals surface area contributed by atoms with Crippen molar-refractivity contribution in [1.82, 2.24) is 5.32 Å². The molecule has 1 nitrogen and oxygen atoms in total. The van der Waals surface area contributed by atoms with E-state index in [9.17, 15) is 0 Å². The number of thiocarbonyl (C=S) groups is 1. The molecule has 0 unspecified atom stereocenters. The fourth-order valence-electron chi connectivity index (χ4n) is 6.60. The second kappa shape index (κ2) is 42.0. The highest BCUT2D eigenvalue weighted by atomic mass is 127. The molecule has 0 bridgehead atoms. The molecule has 44 heavy (non-hydrogen) atoms. The van der Waals surface area contributed by atoms with Gasteiger partial charge in [0.25, 0.3) is 0 Å². The Labute approximate surface area is 303 Å². The van der Waals surface area contributed by atoms with Crippen molar-refractivity contribution in [2.75, 3.05) is 11.0 Å². The van der Waals surface area contributed by atoms with Crippen LogP contribution in [0.5, 0.6) is 0 Å². The molecule has 0 saturated heterocycles. The van der Waals surface area contributed by atoms with E-state index in [1.54, 1.807) is 0 Å². The van der Waals surface area contributed by atoms with Gasteiger partial charge < -0.3 is 5.32 Å². The van der Waals surface area contributed by atoms with E-state index in [1.807, 2.05) is 0 Å². The summed E-state index contributed by atoms with van der Waals surface area (Å²) in [7, 11) is 0. The van der Waals surface area contributed by atoms with Crippen molar-refractivity contribution in [2.45, 2.75) is 238 Å². The summed E-state index contributed by atoms with van der Waals surface area (Å²) in [5, 5.41) is 3.12. The van der Waals surface area contributed by atoms with Gasteiger partial charge in [-0.2, -0.15) is 0 Å². The van der Waals surface area contributed by atoms with Gasteiger partial charge in [-0.25, -0.2) is 0 Å². The fourth-order valence-corrected chi connectivity index (χ4v) is 7.36. The zero-order chi connectivity index (χ0) is 31.9. The van der Waals surface area contributed by atoms with Crippen molar-refractivity contribution in [1.29, 1.82) is 0 Å². The number of alkyl halides is 1. The van der Waals surface area contributed by atoms with Crippen molar-refractivity contribution >= 4 is 51.8 Å². The topological polar surface area (TPSA) is 12.0 Å². The second-order valence-electron chi connectivity index (χ2n) is 14.0. The molecule has 0 saturated carbocycles. The van der Waals surface area contributed by atoms with Crippen molar-refractivity contribution in [3.8, 4) is 0 Å². The number of thiol groups is 1. The van der Waals surface area contributed by atoms with E-state index in [4.69, 9.17) is 12.2 Å². The Morgan fingerprint density at radius 1 is 0.318 bits per heavy atom. The molecule has 0 aliphatic heterocycles. The average molecular weight is 766 g/mol. The van der Waals surface area contributed by atoms with Gasteiger partial charge in [-0.05, 0) is 17.3 Å². The summed E-state index contributed by atoms with van der Waals surface area (Å²) in [5.41, 5.74) is 0. The molecule has 0 rings (SSSR count). The van der Waals surface area contributed by atoms with E-state index >= 15 is 0 Å². The molecule has 0 fully saturated rings. The number of unbranched alkanes of at least 4 members (excludes halogenated alkanes) is 36. The Hall–Kier alpha value is 0.970. The molecule has 0 aromatic heterocycles. The molecule has 264 valence electrons. The SMILES string of the molecule is S=C(S)NCCCCCCCCCCCCCCCCCCCCCCCCCCCCCCCCCCCCCCCI. The Morgan fingerprint density at radius 2 is 0.477 bits per heavy atom. The first-order valence-corrected chi connectivity index (χ1v) is 22.7. The highest BCUT2D eigenvalue weighted by Gasteiger charge is 1.98. The van der Waals surface area contributed by atoms with Crippen LogP contribution in [0, 0.1) is 0 Å². The van der Waals surface area contributed by atoms with Gasteiger partial charge in [0.1, 0.15) is 4.32 Å². The lowest BCUT2D eigenvalue weighted by molar-refractivity contribution is 0.510. The molecular formula is C40H80INS2. The molecule has 0 amide bonds. The lowest BCUT2D eigenvalue weighted by Gasteiger charge is -2.05. The van der Waals surface area contributed by atoms with Crippen LogP contribution in [-0.2, 0) is 0 Å². The van der Waals surface area contributed by atoms with Crippen LogP contribution in [0.15, 0.2) is 0 Å². The smallest absolute Gasteiger partial charge is 0.130 e. The van der Waals surface area contributed by atoms with Crippen molar-refractivity contribution < 1.29 is 0 Å². The molecule has 4 heteroatoms. The van der Waals surface area contributed by atoms with E-state index in [-0.39, 0.29) is 0 Å². The second-order valence-corrected chi connectivity index (χ2v) is 16.2. The highest BCUT2D eigenvalue weighted by molar-refractivity contribution is 14.1. The largest absolute Gasteiger partial charge is 0.371 e. The van der Waals surface area contributed by atoms with Gasteiger partial charge in [0.15, 0.2) is 0 Å². The molecular weight excluding hydrogens is 685 g/mol. The molecule has 0 heterocycles. The minimum absolute atomic E-state index is 0.631. The van der Waals surface area contributed by atoms with Crippen LogP contribution < -0.4 is 5.32 Å². The van der Waals surface area contributed by atoms with Gasteiger partial charge in [-0.3, -0.25) is 0 Å². The normalized spacial score (nSPS) is 11.4. The summed E-state index contributed by atoms with van der Waals surface area (Å²) in [5.74, 6) is 0. The molecule has 0 aromatic rings. The molecule has 0 spiro atoms. The van der Waals surface area contributed by atoms with Crippen LogP contribution in [-0.4, -0.2) is 15.3 Å². The van der Waals surface area contributed by atoms with Crippen LogP contribution in [0.4, 0.5) is 0 Å². The van der Waals surface area contributed by atoms with Crippen molar-refractivity contribution in [2.24, 2.45) is 0 Å². The molecule has 0 radical (unpaired) electrons. The number of hydrogen-bond acceptors (Lipinski definition) is 1. The maximum absolute atomic E-state index is 4.91. The van der Waals surface area contributed by atoms with E-state index in [0.717, 1.165) is 6.54 Å². The van der Waals surface area contributed by atoms with Crippen LogP contribution >= 0.6 is 47.4 Å². The summed E-state index contributed by atoms with van der Waals surface area (Å²) in [4.78, 5) is 0. The molecule has 0 atom stereocenters. The first kappa shape index (κ1) is 45.0. The van der Waals surface area contributed by atoms with E-state index < -0.39 is 0 Å². The summed E-state index contributed by atoms with van der Waals surface area (Å²) in [6.45, 7) is 0.988. The zero-order valence-corrected chi connectivity index (χ0v) is 33.7. The van der Waals surface area contributed by atoms with Gasteiger partial charge in [-0.15, -0.1) is 12.6 Å². The summed E-state index contributed by atoms with van der Waals surface area (Å²) in [6.07, 6.45) is 54.1. The van der Waals surface area contributed by atoms with Crippen molar-refractivity contribution in [3.05, 3.63) is 0 Å². The number of halogens is 1. The van der Waals surface area contributed by atoms with Gasteiger partial charge in [0.2, 0.25) is 0 Å². The Balaban J connectivity index is 3.04. The molecule has 0 aliphatic rings. The summed E-state index contributed by atoms with van der Waals surface area (Å²) in [6, 6.07) is 0. The van der Waals surface area contributed by atoms with Gasteiger partial charge in [0.05, 0.1) is 0 Å². The lowest BCUT2D eigenvalue weighted by Crippen LogP contribution is -2.17. The van der Waals surface area contributed by atoms with Crippen LogP contribution in [0.2, 0.25) is 0 Å². The Morgan fingerprint density at radius 3 is 0.636 bits per heavy atom. The molecule has 1 N–H and O–H groups in total. The fraction of sp³-hybridized carbons (Fsp3) is 0.975. The summed E-state index contributed by atoms with van der Waals surface area (Å²) < 4.78 is 1.97. The quantitative estimate of drug-likeness (QED) is 0.0213. The third-order valence-electron chi connectivity index (χ3n) is 9.59. The predicted octanol–water partition coefficient (Wildman–Crippen LogP) is 15.7. The first-order valence-electron chi connectivity index (χ1n) is 20.3. The van der Waals surface area contributed by atoms with Crippen LogP contribution in [0.3, 0.4) is 0 Å². The average Bonchev–Trinajstić information content (AvgIpc) is 3.02. The Kier molecular flexibility index (Phi) is 42.9.